The van der Waals surface area contributed by atoms with Gasteiger partial charge < -0.3 is 24.7 Å². The molecule has 5 aliphatic heterocycles. The van der Waals surface area contributed by atoms with Crippen LogP contribution >= 0.6 is 0 Å². The second-order valence-electron chi connectivity index (χ2n) is 21.3. The minimum atomic E-state index is -1.37. The summed E-state index contributed by atoms with van der Waals surface area (Å²) in [6.07, 6.45) is 15.3. The Hall–Kier alpha value is -5.32. The van der Waals surface area contributed by atoms with Crippen LogP contribution < -0.4 is 24.8 Å². The molecule has 10 heteroatoms. The normalized spacial score (nSPS) is 20.9. The van der Waals surface area contributed by atoms with Gasteiger partial charge in [-0.25, -0.2) is 13.8 Å². The molecular weight excluding hydrogens is 840 g/mol. The van der Waals surface area contributed by atoms with E-state index in [1.165, 1.54) is 33.3 Å². The van der Waals surface area contributed by atoms with Crippen LogP contribution in [-0.4, -0.2) is 88.9 Å². The summed E-state index contributed by atoms with van der Waals surface area (Å²) in [6.45, 7) is 12.1. The zero-order chi connectivity index (χ0) is 47.0. The van der Waals surface area contributed by atoms with E-state index in [4.69, 9.17) is 4.74 Å². The molecule has 2 unspecified atom stereocenters. The number of anilines is 1. The van der Waals surface area contributed by atoms with E-state index >= 15 is 9.18 Å². The van der Waals surface area contributed by atoms with Crippen LogP contribution in [0.4, 0.5) is 10.1 Å². The molecule has 1 aliphatic carbocycles. The summed E-state index contributed by atoms with van der Waals surface area (Å²) in [6, 6.07) is 17.2. The Morgan fingerprint density at radius 2 is 1.54 bits per heavy atom. The molecule has 67 heavy (non-hydrogen) atoms. The summed E-state index contributed by atoms with van der Waals surface area (Å²) in [5.41, 5.74) is 7.60. The van der Waals surface area contributed by atoms with E-state index in [-0.39, 0.29) is 11.5 Å². The van der Waals surface area contributed by atoms with E-state index in [9.17, 15) is 15.0 Å². The molecular formula is C57H68FN4O5+. The first kappa shape index (κ1) is 45.5. The molecule has 1 amide bonds. The van der Waals surface area contributed by atoms with Crippen molar-refractivity contribution >= 4 is 23.1 Å². The molecule has 9 nitrogen and oxygen atoms in total. The number of halogens is 1. The van der Waals surface area contributed by atoms with Crippen molar-refractivity contribution in [3.05, 3.63) is 133 Å². The Balaban J connectivity index is 1.02. The average molecular weight is 908 g/mol. The molecule has 2 N–H and O–H groups in total. The first-order chi connectivity index (χ1) is 32.1. The van der Waals surface area contributed by atoms with Crippen LogP contribution in [0.5, 0.6) is 11.5 Å². The van der Waals surface area contributed by atoms with Crippen molar-refractivity contribution < 1.29 is 28.9 Å². The highest BCUT2D eigenvalue weighted by Gasteiger charge is 2.47. The number of rotatable bonds is 10. The fraction of sp³-hybridized carbons (Fsp3) is 0.491. The maximum atomic E-state index is 15.9. The number of ether oxygens (including phenoxy) is 1. The fourth-order valence-electron chi connectivity index (χ4n) is 12.2. The summed E-state index contributed by atoms with van der Waals surface area (Å²) >= 11 is 0. The van der Waals surface area contributed by atoms with Crippen LogP contribution in [0.25, 0.3) is 5.57 Å². The van der Waals surface area contributed by atoms with Gasteiger partial charge in [-0.3, -0.25) is 9.69 Å². The number of fused-ring (bicyclic) bond motifs is 4. The number of alkyl halides is 1. The summed E-state index contributed by atoms with van der Waals surface area (Å²) in [5.74, 6) is 0.360. The second-order valence-corrected chi connectivity index (χ2v) is 21.3. The Labute approximate surface area is 395 Å². The van der Waals surface area contributed by atoms with E-state index in [1.807, 2.05) is 76.1 Å². The molecule has 2 atom stereocenters. The van der Waals surface area contributed by atoms with Crippen molar-refractivity contribution in [3.63, 3.8) is 0 Å². The summed E-state index contributed by atoms with van der Waals surface area (Å²) in [7, 11) is 3.65. The highest BCUT2D eigenvalue weighted by molar-refractivity contribution is 6.03. The number of hydrogen-bond acceptors (Lipinski definition) is 6. The van der Waals surface area contributed by atoms with Crippen LogP contribution in [-0.2, 0) is 32.1 Å². The van der Waals surface area contributed by atoms with Crippen LogP contribution in [0.1, 0.15) is 157 Å². The molecule has 0 spiro atoms. The number of aryl methyl sites for hydroxylation is 2. The predicted octanol–water partition coefficient (Wildman–Crippen LogP) is 8.84. The Morgan fingerprint density at radius 1 is 0.821 bits per heavy atom. The molecule has 0 fully saturated rings. The molecule has 10 rings (SSSR count). The number of hydrogen-bond donors (Lipinski definition) is 2. The van der Waals surface area contributed by atoms with Gasteiger partial charge in [-0.1, -0.05) is 42.8 Å². The van der Waals surface area contributed by atoms with Gasteiger partial charge in [-0.05, 0) is 152 Å². The Bertz CT molecular complexity index is 2820. The number of nitrogens with zero attached hydrogens (tertiary/aromatic N) is 4. The van der Waals surface area contributed by atoms with Crippen LogP contribution in [0.3, 0.4) is 0 Å². The number of aliphatic hydroxyl groups is 1. The van der Waals surface area contributed by atoms with Crippen molar-refractivity contribution in [3.8, 4) is 11.5 Å². The number of carbonyl (C=O) groups excluding carboxylic acids is 1. The minimum Gasteiger partial charge on any atom is -0.478 e. The highest BCUT2D eigenvalue weighted by Crippen LogP contribution is 2.49. The van der Waals surface area contributed by atoms with Gasteiger partial charge in [-0.15, -0.1) is 0 Å². The fourth-order valence-corrected chi connectivity index (χ4v) is 12.2. The summed E-state index contributed by atoms with van der Waals surface area (Å²) in [5, 5.41) is 25.1. The van der Waals surface area contributed by atoms with E-state index in [0.717, 1.165) is 137 Å². The molecule has 0 saturated carbocycles. The lowest BCUT2D eigenvalue weighted by atomic mass is 9.78. The van der Waals surface area contributed by atoms with Crippen molar-refractivity contribution in [2.24, 2.45) is 0 Å². The highest BCUT2D eigenvalue weighted by atomic mass is 19.1. The molecule has 5 heterocycles. The zero-order valence-corrected chi connectivity index (χ0v) is 40.4. The maximum absolute atomic E-state index is 15.9. The monoisotopic (exact) mass is 908 g/mol. The van der Waals surface area contributed by atoms with Crippen LogP contribution in [0.2, 0.25) is 0 Å². The van der Waals surface area contributed by atoms with E-state index in [2.05, 4.69) is 21.6 Å². The second kappa shape index (κ2) is 17.3. The minimum absolute atomic E-state index is 0.144. The number of amides is 1. The third-order valence-corrected chi connectivity index (χ3v) is 17.0. The van der Waals surface area contributed by atoms with Gasteiger partial charge in [0.1, 0.15) is 36.5 Å². The van der Waals surface area contributed by atoms with Crippen LogP contribution in [0.15, 0.2) is 66.7 Å². The molecule has 6 aliphatic rings. The zero-order valence-electron chi connectivity index (χ0n) is 40.4. The Morgan fingerprint density at radius 3 is 2.30 bits per heavy atom. The van der Waals surface area contributed by atoms with Crippen molar-refractivity contribution in [1.82, 2.24) is 14.4 Å². The third kappa shape index (κ3) is 7.80. The largest absolute Gasteiger partial charge is 0.478 e. The lowest BCUT2D eigenvalue weighted by molar-refractivity contribution is -0.0914. The number of aromatic carboxylic acids is 1. The molecule has 0 radical (unpaired) electrons. The SMILES string of the molecule is CN(C(=O)c1ccc(C(=O)O)c(C2=c3cc4c5c(c3Oc3c2cc2c6c3CCCN6CCC2)CCC[N+]=5CCC4)c1)C(C)(C)C(C)(C)N(C)C(O)c1ccc(CC2(F)/C=C\CCCCC2)cc1. The number of carboxylic acids is 1. The molecule has 0 aromatic heterocycles. The number of benzene rings is 4. The van der Waals surface area contributed by atoms with Gasteiger partial charge in [-0.2, -0.15) is 0 Å². The quantitative estimate of drug-likeness (QED) is 0.0822. The van der Waals surface area contributed by atoms with Gasteiger partial charge in [0, 0.05) is 83.7 Å². The summed E-state index contributed by atoms with van der Waals surface area (Å²) < 4.78 is 25.7. The first-order valence-electron chi connectivity index (χ1n) is 25.0. The number of aliphatic hydroxyl groups excluding tert-OH is 1. The number of allylic oxidation sites excluding steroid dienone is 2. The average Bonchev–Trinajstić information content (AvgIpc) is 3.32. The third-order valence-electron chi connectivity index (χ3n) is 17.0. The molecule has 4 aromatic rings. The van der Waals surface area contributed by atoms with Crippen molar-refractivity contribution in [2.45, 2.75) is 141 Å². The lowest BCUT2D eigenvalue weighted by Crippen LogP contribution is -2.65. The van der Waals surface area contributed by atoms with Gasteiger partial charge in [0.15, 0.2) is 0 Å². The Kier molecular flexibility index (Phi) is 11.8. The molecule has 0 bridgehead atoms. The lowest BCUT2D eigenvalue weighted by Gasteiger charge is -2.53. The number of likely N-dealkylation sites (N-methyl/N-ethyl adjacent to an activating group) is 2. The van der Waals surface area contributed by atoms with E-state index in [1.54, 1.807) is 30.2 Å². The smallest absolute Gasteiger partial charge is 0.336 e. The predicted molar refractivity (Wildman–Crippen MR) is 263 cm³/mol. The molecule has 352 valence electrons. The molecule has 0 saturated heterocycles. The molecule has 4 aromatic carbocycles. The van der Waals surface area contributed by atoms with Crippen LogP contribution in [0, 0.1) is 0 Å². The van der Waals surface area contributed by atoms with Gasteiger partial charge in [0.2, 0.25) is 5.36 Å². The van der Waals surface area contributed by atoms with E-state index < -0.39 is 28.9 Å². The van der Waals surface area contributed by atoms with Gasteiger partial charge in [0.25, 0.3) is 5.91 Å². The number of carboxylic acid groups (broad SMARTS) is 1. The maximum Gasteiger partial charge on any atom is 0.336 e. The van der Waals surface area contributed by atoms with Crippen molar-refractivity contribution in [1.29, 1.82) is 0 Å². The van der Waals surface area contributed by atoms with Crippen molar-refractivity contribution in [2.75, 3.05) is 45.2 Å². The van der Waals surface area contributed by atoms with Gasteiger partial charge >= 0.3 is 5.97 Å². The number of carbonyl (C=O) groups is 2. The standard InChI is InChI=1S/C57H67FN4O5/c1-55(2,59(5)52(63)37-22-20-36(21-23-37)35-57(58)26-10-8-7-9-11-27-57)56(3,4)60(6)53(64)40-24-25-41(54(65)66)44(34-40)47-45-32-38-16-12-28-61-30-14-18-42(48(38)61)50(45)67-51-43-19-15-31-62-29-13-17-39(49(43)62)33-46(47)51/h10,20-26,32-34,52,63H,7-9,11-19,27-31,35H2,1-6H3/p+1/b26-10-. The van der Waals surface area contributed by atoms with E-state index in [0.29, 0.717) is 29.5 Å². The topological polar surface area (TPSA) is 96.6 Å². The first-order valence-corrected chi connectivity index (χ1v) is 25.0. The van der Waals surface area contributed by atoms with Gasteiger partial charge in [0.05, 0.1) is 16.7 Å². The summed E-state index contributed by atoms with van der Waals surface area (Å²) in [4.78, 5) is 34.6.